The summed E-state index contributed by atoms with van der Waals surface area (Å²) < 4.78 is 5.87. The van der Waals surface area contributed by atoms with Crippen LogP contribution in [-0.4, -0.2) is 46.9 Å². The molecule has 51 heavy (non-hydrogen) atoms. The molecule has 6 nitrogen and oxygen atoms in total. The summed E-state index contributed by atoms with van der Waals surface area (Å²) in [4.78, 5) is 25.9. The molecule has 0 aromatic carbocycles. The Bertz CT molecular complexity index is 812. The second-order valence-electron chi connectivity index (χ2n) is 15.1. The Kier molecular flexibility index (Phi) is 38.3. The van der Waals surface area contributed by atoms with Gasteiger partial charge in [-0.1, -0.05) is 161 Å². The maximum absolute atomic E-state index is 13.1. The van der Waals surface area contributed by atoms with Gasteiger partial charge in [-0.2, -0.15) is 0 Å². The van der Waals surface area contributed by atoms with E-state index in [2.05, 4.69) is 50.4 Å². The van der Waals surface area contributed by atoms with Gasteiger partial charge in [-0.05, 0) is 77.0 Å². The topological polar surface area (TPSA) is 95.9 Å². The van der Waals surface area contributed by atoms with Gasteiger partial charge in [0.2, 0.25) is 5.91 Å². The molecule has 0 saturated carbocycles. The summed E-state index contributed by atoms with van der Waals surface area (Å²) >= 11 is 0. The normalized spacial score (nSPS) is 13.6. The summed E-state index contributed by atoms with van der Waals surface area (Å²) in [6.07, 6.45) is 42.4. The molecule has 300 valence electrons. The molecule has 0 rings (SSSR count). The number of amides is 1. The van der Waals surface area contributed by atoms with Gasteiger partial charge >= 0.3 is 5.97 Å². The summed E-state index contributed by atoms with van der Waals surface area (Å²) in [5.74, 6) is -0.508. The average molecular weight is 720 g/mol. The first kappa shape index (κ1) is 49.3. The lowest BCUT2D eigenvalue weighted by atomic mass is 10.0. The van der Waals surface area contributed by atoms with Crippen LogP contribution in [0.4, 0.5) is 0 Å². The van der Waals surface area contributed by atoms with E-state index in [1.807, 2.05) is 0 Å². The number of hydrogen-bond acceptors (Lipinski definition) is 5. The molecular weight excluding hydrogens is 634 g/mol. The Labute approximate surface area is 316 Å². The molecule has 0 aliphatic rings. The lowest BCUT2D eigenvalue weighted by molar-refractivity contribution is -0.151. The smallest absolute Gasteiger partial charge is 0.306 e. The van der Waals surface area contributed by atoms with Crippen LogP contribution in [0.15, 0.2) is 24.3 Å². The predicted molar refractivity (Wildman–Crippen MR) is 218 cm³/mol. The van der Waals surface area contributed by atoms with Crippen molar-refractivity contribution in [3.05, 3.63) is 24.3 Å². The van der Waals surface area contributed by atoms with Gasteiger partial charge in [-0.15, -0.1) is 0 Å². The summed E-state index contributed by atoms with van der Waals surface area (Å²) in [5, 5.41) is 23.5. The van der Waals surface area contributed by atoms with E-state index >= 15 is 0 Å². The Hall–Kier alpha value is -1.66. The van der Waals surface area contributed by atoms with E-state index in [-0.39, 0.29) is 24.9 Å². The van der Waals surface area contributed by atoms with Crippen LogP contribution in [0.1, 0.15) is 226 Å². The first-order chi connectivity index (χ1) is 25.0. The van der Waals surface area contributed by atoms with Crippen molar-refractivity contribution < 1.29 is 24.5 Å². The second-order valence-corrected chi connectivity index (χ2v) is 15.1. The van der Waals surface area contributed by atoms with Gasteiger partial charge in [-0.25, -0.2) is 0 Å². The zero-order valence-corrected chi connectivity index (χ0v) is 34.0. The van der Waals surface area contributed by atoms with E-state index in [4.69, 9.17) is 4.74 Å². The quantitative estimate of drug-likeness (QED) is 0.0334. The number of hydrogen-bond donors (Lipinski definition) is 3. The minimum absolute atomic E-state index is 0.0632. The molecule has 0 spiro atoms. The van der Waals surface area contributed by atoms with Gasteiger partial charge in [0.1, 0.15) is 6.10 Å². The molecule has 0 heterocycles. The van der Waals surface area contributed by atoms with Gasteiger partial charge in [0, 0.05) is 6.42 Å². The van der Waals surface area contributed by atoms with E-state index in [1.54, 1.807) is 0 Å². The van der Waals surface area contributed by atoms with Gasteiger partial charge in [0.25, 0.3) is 0 Å². The number of aliphatic hydroxyl groups is 2. The predicted octanol–water partition coefficient (Wildman–Crippen LogP) is 12.4. The Morgan fingerprint density at radius 2 is 0.941 bits per heavy atom. The van der Waals surface area contributed by atoms with Crippen LogP contribution in [0, 0.1) is 0 Å². The average Bonchev–Trinajstić information content (AvgIpc) is 3.12. The van der Waals surface area contributed by atoms with Crippen molar-refractivity contribution in [3.8, 4) is 0 Å². The Morgan fingerprint density at radius 1 is 0.549 bits per heavy atom. The third-order valence-electron chi connectivity index (χ3n) is 10.0. The number of unbranched alkanes of at least 4 members (excludes halogenated alkanes) is 23. The van der Waals surface area contributed by atoms with Crippen LogP contribution in [0.2, 0.25) is 0 Å². The van der Waals surface area contributed by atoms with Gasteiger partial charge in [0.05, 0.1) is 25.2 Å². The second kappa shape index (κ2) is 39.5. The summed E-state index contributed by atoms with van der Waals surface area (Å²) in [7, 11) is 0. The van der Waals surface area contributed by atoms with Crippen LogP contribution < -0.4 is 5.32 Å². The number of allylic oxidation sites excluding steroid dienone is 4. The van der Waals surface area contributed by atoms with Crippen molar-refractivity contribution in [1.82, 2.24) is 5.32 Å². The molecule has 0 aliphatic carbocycles. The van der Waals surface area contributed by atoms with Crippen LogP contribution in [-0.2, 0) is 14.3 Å². The van der Waals surface area contributed by atoms with Gasteiger partial charge in [0.15, 0.2) is 0 Å². The number of esters is 1. The molecule has 6 heteroatoms. The zero-order valence-electron chi connectivity index (χ0n) is 34.0. The number of ether oxygens (including phenoxy) is 1. The molecule has 0 bridgehead atoms. The highest BCUT2D eigenvalue weighted by atomic mass is 16.5. The van der Waals surface area contributed by atoms with Crippen molar-refractivity contribution >= 4 is 11.9 Å². The maximum atomic E-state index is 13.1. The molecule has 0 aromatic heterocycles. The first-order valence-corrected chi connectivity index (χ1v) is 22.1. The summed E-state index contributed by atoms with van der Waals surface area (Å²) in [5.41, 5.74) is 0. The van der Waals surface area contributed by atoms with Crippen LogP contribution in [0.5, 0.6) is 0 Å². The Balaban J connectivity index is 4.61. The van der Waals surface area contributed by atoms with Crippen molar-refractivity contribution in [1.29, 1.82) is 0 Å². The van der Waals surface area contributed by atoms with E-state index < -0.39 is 18.2 Å². The molecule has 0 fully saturated rings. The molecule has 3 unspecified atom stereocenters. The number of carbonyl (C=O) groups excluding carboxylic acids is 2. The van der Waals surface area contributed by atoms with Crippen molar-refractivity contribution in [2.24, 2.45) is 0 Å². The number of aliphatic hydroxyl groups excluding tert-OH is 2. The molecule has 3 atom stereocenters. The fraction of sp³-hybridized carbons (Fsp3) is 0.867. The van der Waals surface area contributed by atoms with Gasteiger partial charge in [-0.3, -0.25) is 9.59 Å². The van der Waals surface area contributed by atoms with Crippen LogP contribution in [0.3, 0.4) is 0 Å². The minimum atomic E-state index is -0.787. The molecule has 0 saturated heterocycles. The van der Waals surface area contributed by atoms with E-state index in [0.29, 0.717) is 19.3 Å². The standard InChI is InChI=1S/C45H85NO5/c1-4-7-10-13-16-19-21-22-23-26-29-32-35-38-45(50)51-41(36-33-30-27-25-20-17-14-11-8-5-2)39-44(49)46-42(40-47)43(48)37-34-31-28-24-18-15-12-9-6-3/h17,20,22-23,41-43,47-48H,4-16,18-19,21,24-40H2,1-3H3,(H,46,49)/b20-17-,23-22-. The molecule has 3 N–H and O–H groups in total. The van der Waals surface area contributed by atoms with Gasteiger partial charge < -0.3 is 20.3 Å². The molecule has 0 aromatic rings. The van der Waals surface area contributed by atoms with E-state index in [1.165, 1.54) is 103 Å². The minimum Gasteiger partial charge on any atom is -0.462 e. The van der Waals surface area contributed by atoms with E-state index in [9.17, 15) is 19.8 Å². The Morgan fingerprint density at radius 3 is 1.45 bits per heavy atom. The zero-order chi connectivity index (χ0) is 37.5. The summed E-state index contributed by atoms with van der Waals surface area (Å²) in [6.45, 7) is 6.40. The lowest BCUT2D eigenvalue weighted by Gasteiger charge is -2.24. The van der Waals surface area contributed by atoms with Crippen LogP contribution in [0.25, 0.3) is 0 Å². The molecule has 1 amide bonds. The highest BCUT2D eigenvalue weighted by molar-refractivity contribution is 5.77. The highest BCUT2D eigenvalue weighted by Crippen LogP contribution is 2.17. The monoisotopic (exact) mass is 720 g/mol. The van der Waals surface area contributed by atoms with Crippen LogP contribution >= 0.6 is 0 Å². The number of nitrogens with one attached hydrogen (secondary N) is 1. The largest absolute Gasteiger partial charge is 0.462 e. The third-order valence-corrected chi connectivity index (χ3v) is 10.0. The maximum Gasteiger partial charge on any atom is 0.306 e. The van der Waals surface area contributed by atoms with Crippen molar-refractivity contribution in [2.75, 3.05) is 6.61 Å². The third kappa shape index (κ3) is 35.2. The SMILES string of the molecule is CCCCC/C=C\CCCCCC(CC(=O)NC(CO)C(O)CCCCCCCCCCC)OC(=O)CCCCC/C=C\CCCCCCCC. The lowest BCUT2D eigenvalue weighted by Crippen LogP contribution is -2.46. The van der Waals surface area contributed by atoms with E-state index in [0.717, 1.165) is 77.0 Å². The molecular formula is C45H85NO5. The van der Waals surface area contributed by atoms with Crippen molar-refractivity contribution in [2.45, 2.75) is 244 Å². The first-order valence-electron chi connectivity index (χ1n) is 22.1. The number of rotatable bonds is 39. The summed E-state index contributed by atoms with van der Waals surface area (Å²) in [6, 6.07) is -0.702. The number of carbonyl (C=O) groups is 2. The molecule has 0 radical (unpaired) electrons. The molecule has 0 aliphatic heterocycles. The highest BCUT2D eigenvalue weighted by Gasteiger charge is 2.24. The van der Waals surface area contributed by atoms with Crippen molar-refractivity contribution in [3.63, 3.8) is 0 Å². The fourth-order valence-electron chi connectivity index (χ4n) is 6.59. The fourth-order valence-corrected chi connectivity index (χ4v) is 6.59.